The monoisotopic (exact) mass is 260 g/mol. The van der Waals surface area contributed by atoms with Crippen LogP contribution < -0.4 is 10.6 Å². The maximum atomic E-state index is 4.92. The highest BCUT2D eigenvalue weighted by Gasteiger charge is 2.02. The van der Waals surface area contributed by atoms with Crippen molar-refractivity contribution in [3.63, 3.8) is 0 Å². The smallest absolute Gasteiger partial charge is 0.224 e. The van der Waals surface area contributed by atoms with Gasteiger partial charge in [0.15, 0.2) is 0 Å². The van der Waals surface area contributed by atoms with E-state index in [4.69, 9.17) is 4.74 Å². The molecule has 0 bridgehead atoms. The highest BCUT2D eigenvalue weighted by Crippen LogP contribution is 2.19. The summed E-state index contributed by atoms with van der Waals surface area (Å²) < 4.78 is 5.76. The Balaban J connectivity index is 2.64. The summed E-state index contributed by atoms with van der Waals surface area (Å²) in [5.74, 6) is 1.36. The minimum Gasteiger partial charge on any atom is -0.383 e. The third-order valence-corrected chi connectivity index (χ3v) is 2.15. The summed E-state index contributed by atoms with van der Waals surface area (Å²) in [5.41, 5.74) is 0. The lowest BCUT2D eigenvalue weighted by Crippen LogP contribution is -2.10. The van der Waals surface area contributed by atoms with Gasteiger partial charge in [-0.25, -0.2) is 4.98 Å². The Labute approximate surface area is 91.4 Å². The van der Waals surface area contributed by atoms with Crippen LogP contribution in [0.4, 0.5) is 11.8 Å². The molecule has 0 aliphatic rings. The normalized spacial score (nSPS) is 9.93. The third-order valence-electron chi connectivity index (χ3n) is 1.57. The van der Waals surface area contributed by atoms with Gasteiger partial charge in [-0.2, -0.15) is 4.98 Å². The van der Waals surface area contributed by atoms with Gasteiger partial charge in [0.25, 0.3) is 0 Å². The Hall–Kier alpha value is -0.880. The molecule has 1 heterocycles. The van der Waals surface area contributed by atoms with Crippen molar-refractivity contribution in [3.05, 3.63) is 10.7 Å². The fourth-order valence-electron chi connectivity index (χ4n) is 0.883. The molecule has 5 nitrogen and oxygen atoms in total. The quantitative estimate of drug-likeness (QED) is 0.783. The largest absolute Gasteiger partial charge is 0.383 e. The van der Waals surface area contributed by atoms with Crippen LogP contribution in [0, 0.1) is 0 Å². The van der Waals surface area contributed by atoms with Crippen LogP contribution >= 0.6 is 15.9 Å². The minimum atomic E-state index is 0.591. The number of aromatic nitrogens is 2. The molecule has 1 aromatic rings. The molecule has 0 radical (unpaired) electrons. The summed E-state index contributed by atoms with van der Waals surface area (Å²) in [7, 11) is 3.44. The lowest BCUT2D eigenvalue weighted by atomic mass is 10.5. The molecule has 0 unspecified atom stereocenters. The number of halogens is 1. The average Bonchev–Trinajstić information content (AvgIpc) is 2.21. The van der Waals surface area contributed by atoms with Crippen LogP contribution in [0.3, 0.4) is 0 Å². The van der Waals surface area contributed by atoms with Crippen molar-refractivity contribution in [2.75, 3.05) is 37.9 Å². The first kappa shape index (κ1) is 11.2. The van der Waals surface area contributed by atoms with Crippen LogP contribution in [-0.2, 0) is 4.74 Å². The summed E-state index contributed by atoms with van der Waals surface area (Å²) in [4.78, 5) is 8.27. The average molecular weight is 261 g/mol. The van der Waals surface area contributed by atoms with Crippen molar-refractivity contribution in [1.29, 1.82) is 0 Å². The second-order valence-corrected chi connectivity index (χ2v) is 3.41. The summed E-state index contributed by atoms with van der Waals surface area (Å²) in [6.07, 6.45) is 1.70. The Morgan fingerprint density at radius 2 is 2.36 bits per heavy atom. The number of methoxy groups -OCH3 is 1. The molecule has 0 amide bonds. The van der Waals surface area contributed by atoms with Gasteiger partial charge in [-0.15, -0.1) is 0 Å². The Bertz CT molecular complexity index is 295. The number of nitrogens with one attached hydrogen (secondary N) is 2. The molecular formula is C8H13BrN4O. The highest BCUT2D eigenvalue weighted by atomic mass is 79.9. The van der Waals surface area contributed by atoms with E-state index in [0.717, 1.165) is 16.8 Å². The number of ether oxygens (including phenoxy) is 1. The molecule has 1 aromatic heterocycles. The Morgan fingerprint density at radius 1 is 1.57 bits per heavy atom. The lowest BCUT2D eigenvalue weighted by Gasteiger charge is -2.07. The van der Waals surface area contributed by atoms with E-state index in [1.165, 1.54) is 0 Å². The van der Waals surface area contributed by atoms with Crippen LogP contribution in [0.5, 0.6) is 0 Å². The zero-order valence-electron chi connectivity index (χ0n) is 8.17. The topological polar surface area (TPSA) is 59.1 Å². The van der Waals surface area contributed by atoms with Gasteiger partial charge in [-0.3, -0.25) is 0 Å². The molecule has 0 aliphatic heterocycles. The number of nitrogens with zero attached hydrogens (tertiary/aromatic N) is 2. The van der Waals surface area contributed by atoms with Gasteiger partial charge in [-0.05, 0) is 15.9 Å². The van der Waals surface area contributed by atoms with Crippen molar-refractivity contribution >= 4 is 27.7 Å². The molecule has 0 spiro atoms. The SMILES string of the molecule is CNc1ncc(Br)c(NCCOC)n1. The van der Waals surface area contributed by atoms with E-state index in [0.29, 0.717) is 12.6 Å². The summed E-state index contributed by atoms with van der Waals surface area (Å²) in [5, 5.41) is 6.00. The maximum absolute atomic E-state index is 4.92. The summed E-state index contributed by atoms with van der Waals surface area (Å²) >= 11 is 3.36. The number of anilines is 2. The van der Waals surface area contributed by atoms with E-state index >= 15 is 0 Å². The predicted octanol–water partition coefficient (Wildman–Crippen LogP) is 1.34. The Morgan fingerprint density at radius 3 is 3.00 bits per heavy atom. The van der Waals surface area contributed by atoms with Gasteiger partial charge in [0.1, 0.15) is 5.82 Å². The van der Waals surface area contributed by atoms with Crippen LogP contribution in [0.25, 0.3) is 0 Å². The molecule has 0 aromatic carbocycles. The van der Waals surface area contributed by atoms with E-state index in [-0.39, 0.29) is 0 Å². The third kappa shape index (κ3) is 3.12. The van der Waals surface area contributed by atoms with E-state index < -0.39 is 0 Å². The molecule has 2 N–H and O–H groups in total. The molecule has 0 saturated heterocycles. The van der Waals surface area contributed by atoms with Gasteiger partial charge in [0.05, 0.1) is 11.1 Å². The fourth-order valence-corrected chi connectivity index (χ4v) is 1.21. The van der Waals surface area contributed by atoms with Crippen LogP contribution in [-0.4, -0.2) is 37.3 Å². The van der Waals surface area contributed by atoms with Crippen molar-refractivity contribution in [3.8, 4) is 0 Å². The van der Waals surface area contributed by atoms with Gasteiger partial charge in [-0.1, -0.05) is 0 Å². The number of rotatable bonds is 5. The van der Waals surface area contributed by atoms with Crippen LogP contribution in [0.1, 0.15) is 0 Å². The van der Waals surface area contributed by atoms with Crippen molar-refractivity contribution in [2.24, 2.45) is 0 Å². The first-order valence-corrected chi connectivity index (χ1v) is 5.00. The first-order valence-electron chi connectivity index (χ1n) is 4.21. The second-order valence-electron chi connectivity index (χ2n) is 2.56. The van der Waals surface area contributed by atoms with E-state index in [1.54, 1.807) is 20.4 Å². The van der Waals surface area contributed by atoms with Crippen LogP contribution in [0.2, 0.25) is 0 Å². The first-order chi connectivity index (χ1) is 6.77. The molecule has 1 rings (SSSR count). The van der Waals surface area contributed by atoms with Gasteiger partial charge in [0, 0.05) is 26.9 Å². The van der Waals surface area contributed by atoms with Crippen LogP contribution in [0.15, 0.2) is 10.7 Å². The Kier molecular flexibility index (Phi) is 4.61. The zero-order valence-corrected chi connectivity index (χ0v) is 9.76. The summed E-state index contributed by atoms with van der Waals surface area (Å²) in [6, 6.07) is 0. The molecule has 0 saturated carbocycles. The summed E-state index contributed by atoms with van der Waals surface area (Å²) in [6.45, 7) is 1.36. The predicted molar refractivity (Wildman–Crippen MR) is 59.6 cm³/mol. The van der Waals surface area contributed by atoms with E-state index in [1.807, 2.05) is 0 Å². The standard InChI is InChI=1S/C8H13BrN4O/c1-10-8-12-5-6(9)7(13-8)11-3-4-14-2/h5H,3-4H2,1-2H3,(H2,10,11,12,13). The van der Waals surface area contributed by atoms with Crippen molar-refractivity contribution in [1.82, 2.24) is 9.97 Å². The van der Waals surface area contributed by atoms with Gasteiger partial charge in [0.2, 0.25) is 5.95 Å². The van der Waals surface area contributed by atoms with Crippen molar-refractivity contribution in [2.45, 2.75) is 0 Å². The molecule has 78 valence electrons. The number of hydrogen-bond donors (Lipinski definition) is 2. The van der Waals surface area contributed by atoms with Crippen molar-refractivity contribution < 1.29 is 4.74 Å². The maximum Gasteiger partial charge on any atom is 0.224 e. The van der Waals surface area contributed by atoms with E-state index in [2.05, 4.69) is 36.5 Å². The van der Waals surface area contributed by atoms with Gasteiger partial charge < -0.3 is 15.4 Å². The minimum absolute atomic E-state index is 0.591. The second kappa shape index (κ2) is 5.77. The molecular weight excluding hydrogens is 248 g/mol. The highest BCUT2D eigenvalue weighted by molar-refractivity contribution is 9.10. The van der Waals surface area contributed by atoms with E-state index in [9.17, 15) is 0 Å². The molecule has 14 heavy (non-hydrogen) atoms. The molecule has 0 fully saturated rings. The fraction of sp³-hybridized carbons (Fsp3) is 0.500. The van der Waals surface area contributed by atoms with Gasteiger partial charge >= 0.3 is 0 Å². The molecule has 0 aliphatic carbocycles. The molecule has 0 atom stereocenters. The lowest BCUT2D eigenvalue weighted by molar-refractivity contribution is 0.210. The number of hydrogen-bond acceptors (Lipinski definition) is 5. The molecule has 6 heteroatoms. The zero-order chi connectivity index (χ0) is 10.4.